The highest BCUT2D eigenvalue weighted by atomic mass is 32.1. The Balaban J connectivity index is 2.45. The van der Waals surface area contributed by atoms with Crippen LogP contribution in [0.3, 0.4) is 0 Å². The fourth-order valence-corrected chi connectivity index (χ4v) is 2.58. The average molecular weight is 233 g/mol. The van der Waals surface area contributed by atoms with Crippen LogP contribution in [-0.4, -0.2) is 22.2 Å². The minimum atomic E-state index is -1.40. The third kappa shape index (κ3) is 2.16. The summed E-state index contributed by atoms with van der Waals surface area (Å²) in [5, 5.41) is 18.3. The normalized spacial score (nSPS) is 10.5. The van der Waals surface area contributed by atoms with Crippen molar-refractivity contribution in [3.8, 4) is 10.6 Å². The van der Waals surface area contributed by atoms with Gasteiger partial charge in [0.05, 0.1) is 10.6 Å². The van der Waals surface area contributed by atoms with Crippen molar-refractivity contribution in [1.29, 1.82) is 0 Å². The van der Waals surface area contributed by atoms with E-state index < -0.39 is 7.12 Å². The number of thiophene rings is 1. The Kier molecular flexibility index (Phi) is 3.09. The SMILES string of the molecule is Cc1cccc(-c2cc(C)c(B(O)O)s2)n1. The topological polar surface area (TPSA) is 53.4 Å². The second-order valence-corrected chi connectivity index (χ2v) is 4.78. The molecule has 0 saturated heterocycles. The molecule has 0 aliphatic carbocycles. The van der Waals surface area contributed by atoms with Crippen LogP contribution in [0.1, 0.15) is 11.3 Å². The van der Waals surface area contributed by atoms with Gasteiger partial charge in [0.2, 0.25) is 0 Å². The zero-order chi connectivity index (χ0) is 11.7. The van der Waals surface area contributed by atoms with Crippen LogP contribution in [0.4, 0.5) is 0 Å². The predicted octanol–water partition coefficient (Wildman–Crippen LogP) is 1.11. The molecule has 16 heavy (non-hydrogen) atoms. The van der Waals surface area contributed by atoms with Crippen LogP contribution in [0.15, 0.2) is 24.3 Å². The van der Waals surface area contributed by atoms with Crippen molar-refractivity contribution in [2.24, 2.45) is 0 Å². The van der Waals surface area contributed by atoms with Crippen LogP contribution in [-0.2, 0) is 0 Å². The Morgan fingerprint density at radius 1 is 1.25 bits per heavy atom. The van der Waals surface area contributed by atoms with Gasteiger partial charge in [0.1, 0.15) is 0 Å². The van der Waals surface area contributed by atoms with Gasteiger partial charge < -0.3 is 10.0 Å². The number of nitrogens with zero attached hydrogens (tertiary/aromatic N) is 1. The van der Waals surface area contributed by atoms with Crippen LogP contribution in [0.25, 0.3) is 10.6 Å². The Labute approximate surface area is 98.6 Å². The first-order valence-electron chi connectivity index (χ1n) is 4.98. The van der Waals surface area contributed by atoms with Crippen LogP contribution < -0.4 is 4.78 Å². The molecule has 0 fully saturated rings. The van der Waals surface area contributed by atoms with E-state index in [1.807, 2.05) is 38.1 Å². The van der Waals surface area contributed by atoms with Crippen LogP contribution in [0.2, 0.25) is 0 Å². The molecule has 0 unspecified atom stereocenters. The van der Waals surface area contributed by atoms with Crippen LogP contribution in [0, 0.1) is 13.8 Å². The molecule has 0 bridgehead atoms. The highest BCUT2D eigenvalue weighted by molar-refractivity contribution is 7.25. The summed E-state index contributed by atoms with van der Waals surface area (Å²) in [4.78, 5) is 5.37. The standard InChI is InChI=1S/C11H12BNO2S/c1-7-6-10(16-11(7)12(14)15)9-5-3-4-8(2)13-9/h3-6,14-15H,1-2H3. The molecule has 0 aliphatic rings. The molecular weight excluding hydrogens is 221 g/mol. The molecule has 0 aromatic carbocycles. The molecule has 0 atom stereocenters. The van der Waals surface area contributed by atoms with Gasteiger partial charge in [-0.2, -0.15) is 0 Å². The number of rotatable bonds is 2. The second-order valence-electron chi connectivity index (χ2n) is 3.70. The number of aryl methyl sites for hydroxylation is 2. The minimum Gasteiger partial charge on any atom is -0.423 e. The van der Waals surface area contributed by atoms with E-state index in [2.05, 4.69) is 4.98 Å². The van der Waals surface area contributed by atoms with Gasteiger partial charge in [-0.25, -0.2) is 0 Å². The lowest BCUT2D eigenvalue weighted by Gasteiger charge is -1.97. The van der Waals surface area contributed by atoms with E-state index in [4.69, 9.17) is 10.0 Å². The summed E-state index contributed by atoms with van der Waals surface area (Å²) in [5.41, 5.74) is 2.72. The molecule has 5 heteroatoms. The summed E-state index contributed by atoms with van der Waals surface area (Å²) in [5.74, 6) is 0. The fourth-order valence-electron chi connectivity index (χ4n) is 1.56. The second kappa shape index (κ2) is 4.37. The van der Waals surface area contributed by atoms with Gasteiger partial charge in [-0.15, -0.1) is 11.3 Å². The van der Waals surface area contributed by atoms with Gasteiger partial charge in [0.25, 0.3) is 0 Å². The Morgan fingerprint density at radius 2 is 2.00 bits per heavy atom. The van der Waals surface area contributed by atoms with Crippen molar-refractivity contribution in [2.45, 2.75) is 13.8 Å². The molecule has 82 valence electrons. The summed E-state index contributed by atoms with van der Waals surface area (Å²) < 4.78 is 0.582. The monoisotopic (exact) mass is 233 g/mol. The summed E-state index contributed by atoms with van der Waals surface area (Å²) in [6, 6.07) is 7.74. The summed E-state index contributed by atoms with van der Waals surface area (Å²) in [6.45, 7) is 3.80. The van der Waals surface area contributed by atoms with Crippen LogP contribution >= 0.6 is 11.3 Å². The lowest BCUT2D eigenvalue weighted by atomic mass is 9.86. The third-order valence-electron chi connectivity index (χ3n) is 2.33. The Hall–Kier alpha value is -1.17. The van der Waals surface area contributed by atoms with E-state index in [0.29, 0.717) is 4.78 Å². The molecule has 2 rings (SSSR count). The van der Waals surface area contributed by atoms with E-state index in [0.717, 1.165) is 21.8 Å². The highest BCUT2D eigenvalue weighted by Crippen LogP contribution is 2.24. The van der Waals surface area contributed by atoms with E-state index in [9.17, 15) is 0 Å². The lowest BCUT2D eigenvalue weighted by molar-refractivity contribution is 0.426. The first-order chi connectivity index (χ1) is 7.58. The Bertz CT molecular complexity index is 510. The van der Waals surface area contributed by atoms with Gasteiger partial charge in [-0.1, -0.05) is 6.07 Å². The maximum atomic E-state index is 9.16. The average Bonchev–Trinajstić information content (AvgIpc) is 2.60. The largest absolute Gasteiger partial charge is 0.499 e. The van der Waals surface area contributed by atoms with Gasteiger partial charge in [-0.3, -0.25) is 4.98 Å². The van der Waals surface area contributed by atoms with E-state index in [-0.39, 0.29) is 0 Å². The zero-order valence-corrected chi connectivity index (χ0v) is 9.95. The highest BCUT2D eigenvalue weighted by Gasteiger charge is 2.18. The summed E-state index contributed by atoms with van der Waals surface area (Å²) in [7, 11) is -1.40. The predicted molar refractivity (Wildman–Crippen MR) is 66.8 cm³/mol. The van der Waals surface area contributed by atoms with Crippen molar-refractivity contribution in [3.05, 3.63) is 35.5 Å². The molecule has 2 heterocycles. The van der Waals surface area contributed by atoms with Gasteiger partial charge in [0, 0.05) is 10.5 Å². The zero-order valence-electron chi connectivity index (χ0n) is 9.14. The van der Waals surface area contributed by atoms with Gasteiger partial charge in [-0.05, 0) is 37.6 Å². The summed E-state index contributed by atoms with van der Waals surface area (Å²) >= 11 is 1.37. The third-order valence-corrected chi connectivity index (χ3v) is 3.63. The molecule has 0 radical (unpaired) electrons. The van der Waals surface area contributed by atoms with Gasteiger partial charge >= 0.3 is 7.12 Å². The summed E-state index contributed by atoms with van der Waals surface area (Å²) in [6.07, 6.45) is 0. The number of aromatic nitrogens is 1. The minimum absolute atomic E-state index is 0.582. The number of pyridine rings is 1. The van der Waals surface area contributed by atoms with Crippen molar-refractivity contribution in [1.82, 2.24) is 4.98 Å². The van der Waals surface area contributed by atoms with Gasteiger partial charge in [0.15, 0.2) is 0 Å². The molecule has 2 N–H and O–H groups in total. The quantitative estimate of drug-likeness (QED) is 0.764. The molecule has 3 nitrogen and oxygen atoms in total. The first kappa shape index (κ1) is 11.3. The molecule has 0 amide bonds. The molecule has 0 spiro atoms. The molecule has 2 aromatic rings. The van der Waals surface area contributed by atoms with Crippen molar-refractivity contribution < 1.29 is 10.0 Å². The molecule has 2 aromatic heterocycles. The first-order valence-corrected chi connectivity index (χ1v) is 5.80. The van der Waals surface area contributed by atoms with Crippen molar-refractivity contribution in [2.75, 3.05) is 0 Å². The molecule has 0 aliphatic heterocycles. The maximum Gasteiger partial charge on any atom is 0.499 e. The number of hydrogen-bond acceptors (Lipinski definition) is 4. The van der Waals surface area contributed by atoms with E-state index in [1.54, 1.807) is 0 Å². The number of hydrogen-bond donors (Lipinski definition) is 2. The Morgan fingerprint density at radius 3 is 2.56 bits per heavy atom. The fraction of sp³-hybridized carbons (Fsp3) is 0.182. The van der Waals surface area contributed by atoms with E-state index >= 15 is 0 Å². The van der Waals surface area contributed by atoms with E-state index in [1.165, 1.54) is 11.3 Å². The maximum absolute atomic E-state index is 9.16. The smallest absolute Gasteiger partial charge is 0.423 e. The molecular formula is C11H12BNO2S. The van der Waals surface area contributed by atoms with Crippen molar-refractivity contribution in [3.63, 3.8) is 0 Å². The lowest BCUT2D eigenvalue weighted by Crippen LogP contribution is -2.28. The molecule has 0 saturated carbocycles. The van der Waals surface area contributed by atoms with Crippen LogP contribution in [0.5, 0.6) is 0 Å². The van der Waals surface area contributed by atoms with Crippen molar-refractivity contribution >= 4 is 23.2 Å².